The fraction of sp³-hybridized carbons (Fsp3) is 0.833. The molecule has 0 radical (unpaired) electrons. The minimum absolute atomic E-state index is 0.505. The van der Waals surface area contributed by atoms with Crippen molar-refractivity contribution in [1.29, 1.82) is 5.26 Å². The van der Waals surface area contributed by atoms with Crippen LogP contribution >= 0.6 is 11.8 Å². The van der Waals surface area contributed by atoms with E-state index in [-0.39, 0.29) is 0 Å². The Kier molecular flexibility index (Phi) is 2.88. The zero-order chi connectivity index (χ0) is 6.53. The maximum atomic E-state index is 8.21. The number of rotatable bonds is 2. The van der Waals surface area contributed by atoms with Gasteiger partial charge >= 0.3 is 0 Å². The van der Waals surface area contributed by atoms with Gasteiger partial charge in [-0.2, -0.15) is 17.0 Å². The Labute approximate surface area is 59.6 Å². The molecule has 0 saturated carbocycles. The predicted octanol–water partition coefficient (Wildman–Crippen LogP) is 0.605. The van der Waals surface area contributed by atoms with Gasteiger partial charge in [-0.05, 0) is 12.2 Å². The standard InChI is InChI=1S/C6H10N2S/c7-2-3-8-6-1-4-9-5-6/h6,8H,1,3-5H2. The zero-order valence-electron chi connectivity index (χ0n) is 5.26. The Balaban J connectivity index is 2.06. The summed E-state index contributed by atoms with van der Waals surface area (Å²) < 4.78 is 0. The van der Waals surface area contributed by atoms with Crippen molar-refractivity contribution in [3.63, 3.8) is 0 Å². The molecule has 1 rings (SSSR count). The molecule has 1 fully saturated rings. The lowest BCUT2D eigenvalue weighted by Gasteiger charge is -2.05. The third-order valence-corrected chi connectivity index (χ3v) is 2.56. The highest BCUT2D eigenvalue weighted by molar-refractivity contribution is 7.99. The highest BCUT2D eigenvalue weighted by Crippen LogP contribution is 2.16. The van der Waals surface area contributed by atoms with Crippen LogP contribution in [0.25, 0.3) is 0 Å². The van der Waals surface area contributed by atoms with Crippen LogP contribution in [0.2, 0.25) is 0 Å². The van der Waals surface area contributed by atoms with E-state index in [2.05, 4.69) is 11.4 Å². The van der Waals surface area contributed by atoms with Crippen LogP contribution in [0.4, 0.5) is 0 Å². The lowest BCUT2D eigenvalue weighted by molar-refractivity contribution is 0.598. The molecule has 0 aromatic carbocycles. The highest BCUT2D eigenvalue weighted by atomic mass is 32.2. The molecule has 0 aromatic rings. The number of nitrogens with one attached hydrogen (secondary N) is 1. The molecule has 0 amide bonds. The van der Waals surface area contributed by atoms with Crippen LogP contribution in [0.1, 0.15) is 6.42 Å². The first-order chi connectivity index (χ1) is 4.43. The molecule has 0 aliphatic carbocycles. The van der Waals surface area contributed by atoms with E-state index in [0.29, 0.717) is 12.6 Å². The monoisotopic (exact) mass is 142 g/mol. The van der Waals surface area contributed by atoms with Crippen LogP contribution in [0.15, 0.2) is 0 Å². The number of hydrogen-bond donors (Lipinski definition) is 1. The van der Waals surface area contributed by atoms with E-state index in [1.54, 1.807) is 0 Å². The van der Waals surface area contributed by atoms with Crippen molar-refractivity contribution in [2.75, 3.05) is 18.1 Å². The number of nitrogens with zero attached hydrogens (tertiary/aromatic N) is 1. The molecule has 0 aromatic heterocycles. The highest BCUT2D eigenvalue weighted by Gasteiger charge is 2.13. The average Bonchev–Trinajstić information content (AvgIpc) is 2.34. The van der Waals surface area contributed by atoms with Crippen LogP contribution in [-0.2, 0) is 0 Å². The summed E-state index contributed by atoms with van der Waals surface area (Å²) >= 11 is 1.96. The Morgan fingerprint density at radius 3 is 3.22 bits per heavy atom. The minimum atomic E-state index is 0.505. The van der Waals surface area contributed by atoms with Gasteiger partial charge < -0.3 is 5.32 Å². The van der Waals surface area contributed by atoms with E-state index in [4.69, 9.17) is 5.26 Å². The van der Waals surface area contributed by atoms with Gasteiger partial charge in [0.1, 0.15) is 0 Å². The topological polar surface area (TPSA) is 35.8 Å². The molecule has 1 atom stereocenters. The molecule has 50 valence electrons. The number of hydrogen-bond acceptors (Lipinski definition) is 3. The summed E-state index contributed by atoms with van der Waals surface area (Å²) in [4.78, 5) is 0. The van der Waals surface area contributed by atoms with E-state index < -0.39 is 0 Å². The van der Waals surface area contributed by atoms with Crippen LogP contribution in [0, 0.1) is 11.3 Å². The third-order valence-electron chi connectivity index (χ3n) is 1.40. The summed E-state index contributed by atoms with van der Waals surface area (Å²) in [5, 5.41) is 11.4. The fourth-order valence-electron chi connectivity index (χ4n) is 0.885. The first-order valence-corrected chi connectivity index (χ1v) is 4.27. The smallest absolute Gasteiger partial charge is 0.0843 e. The Bertz CT molecular complexity index is 113. The fourth-order valence-corrected chi connectivity index (χ4v) is 2.07. The van der Waals surface area contributed by atoms with Gasteiger partial charge in [-0.15, -0.1) is 0 Å². The molecular formula is C6H10N2S. The summed E-state index contributed by atoms with van der Waals surface area (Å²) in [6.45, 7) is 0.505. The van der Waals surface area contributed by atoms with Gasteiger partial charge in [0.2, 0.25) is 0 Å². The Morgan fingerprint density at radius 2 is 2.67 bits per heavy atom. The van der Waals surface area contributed by atoms with Gasteiger partial charge in [0, 0.05) is 11.8 Å². The van der Waals surface area contributed by atoms with Crippen molar-refractivity contribution in [2.24, 2.45) is 0 Å². The summed E-state index contributed by atoms with van der Waals surface area (Å²) in [5.74, 6) is 2.44. The maximum Gasteiger partial charge on any atom is 0.0843 e. The molecule has 1 unspecified atom stereocenters. The van der Waals surface area contributed by atoms with E-state index in [9.17, 15) is 0 Å². The second-order valence-corrected chi connectivity index (χ2v) is 3.25. The van der Waals surface area contributed by atoms with Crippen molar-refractivity contribution in [3.8, 4) is 6.07 Å². The van der Waals surface area contributed by atoms with Gasteiger partial charge in [0.25, 0.3) is 0 Å². The molecule has 1 aliphatic heterocycles. The molecular weight excluding hydrogens is 132 g/mol. The van der Waals surface area contributed by atoms with Crippen molar-refractivity contribution < 1.29 is 0 Å². The van der Waals surface area contributed by atoms with Gasteiger partial charge in [0.05, 0.1) is 12.6 Å². The molecule has 0 bridgehead atoms. The Morgan fingerprint density at radius 1 is 1.78 bits per heavy atom. The molecule has 1 saturated heterocycles. The summed E-state index contributed by atoms with van der Waals surface area (Å²) in [6, 6.07) is 2.68. The molecule has 1 heterocycles. The SMILES string of the molecule is N#CCNC1CCSC1. The van der Waals surface area contributed by atoms with E-state index in [0.717, 1.165) is 0 Å². The van der Waals surface area contributed by atoms with Gasteiger partial charge in [-0.3, -0.25) is 0 Å². The van der Waals surface area contributed by atoms with Gasteiger partial charge in [-0.25, -0.2) is 0 Å². The van der Waals surface area contributed by atoms with Gasteiger partial charge in [-0.1, -0.05) is 0 Å². The van der Waals surface area contributed by atoms with Gasteiger partial charge in [0.15, 0.2) is 0 Å². The van der Waals surface area contributed by atoms with Crippen molar-refractivity contribution in [2.45, 2.75) is 12.5 Å². The van der Waals surface area contributed by atoms with E-state index >= 15 is 0 Å². The van der Waals surface area contributed by atoms with E-state index in [1.807, 2.05) is 11.8 Å². The van der Waals surface area contributed by atoms with E-state index in [1.165, 1.54) is 17.9 Å². The molecule has 9 heavy (non-hydrogen) atoms. The lowest BCUT2D eigenvalue weighted by atomic mass is 10.3. The first-order valence-electron chi connectivity index (χ1n) is 3.11. The molecule has 1 aliphatic rings. The van der Waals surface area contributed by atoms with Crippen LogP contribution in [0.5, 0.6) is 0 Å². The lowest BCUT2D eigenvalue weighted by Crippen LogP contribution is -2.28. The first kappa shape index (κ1) is 6.91. The molecule has 3 heteroatoms. The normalized spacial score (nSPS) is 25.9. The maximum absolute atomic E-state index is 8.21. The van der Waals surface area contributed by atoms with Crippen molar-refractivity contribution in [1.82, 2.24) is 5.32 Å². The third kappa shape index (κ3) is 2.25. The van der Waals surface area contributed by atoms with Crippen molar-refractivity contribution >= 4 is 11.8 Å². The van der Waals surface area contributed by atoms with Crippen LogP contribution in [-0.4, -0.2) is 24.1 Å². The van der Waals surface area contributed by atoms with Crippen LogP contribution in [0.3, 0.4) is 0 Å². The molecule has 2 nitrogen and oxygen atoms in total. The zero-order valence-corrected chi connectivity index (χ0v) is 6.08. The van der Waals surface area contributed by atoms with Crippen LogP contribution < -0.4 is 5.32 Å². The Hall–Kier alpha value is -0.200. The van der Waals surface area contributed by atoms with Crippen molar-refractivity contribution in [3.05, 3.63) is 0 Å². The molecule has 0 spiro atoms. The minimum Gasteiger partial charge on any atom is -0.301 e. The second kappa shape index (κ2) is 3.76. The summed E-state index contributed by atoms with van der Waals surface area (Å²) in [5.41, 5.74) is 0. The molecule has 1 N–H and O–H groups in total. The predicted molar refractivity (Wildman–Crippen MR) is 39.3 cm³/mol. The number of nitriles is 1. The number of thioether (sulfide) groups is 1. The summed E-state index contributed by atoms with van der Waals surface area (Å²) in [7, 11) is 0. The summed E-state index contributed by atoms with van der Waals surface area (Å²) in [6.07, 6.45) is 1.23. The average molecular weight is 142 g/mol. The largest absolute Gasteiger partial charge is 0.301 e. The quantitative estimate of drug-likeness (QED) is 0.574. The second-order valence-electron chi connectivity index (χ2n) is 2.10.